The lowest BCUT2D eigenvalue weighted by Crippen LogP contribution is -2.45. The minimum atomic E-state index is 0.603. The van der Waals surface area contributed by atoms with Crippen molar-refractivity contribution in [2.75, 3.05) is 20.1 Å². The Bertz CT molecular complexity index is 335. The summed E-state index contributed by atoms with van der Waals surface area (Å²) in [4.78, 5) is 4.06. The van der Waals surface area contributed by atoms with Crippen LogP contribution in [0.2, 0.25) is 0 Å². The van der Waals surface area contributed by atoms with E-state index >= 15 is 0 Å². The Morgan fingerprint density at radius 2 is 2.00 bits per heavy atom. The molecule has 0 fully saturated rings. The van der Waals surface area contributed by atoms with Gasteiger partial charge >= 0.3 is 0 Å². The molecule has 0 spiro atoms. The largest absolute Gasteiger partial charge is 0.315 e. The zero-order chi connectivity index (χ0) is 15.0. The third-order valence-electron chi connectivity index (χ3n) is 3.90. The van der Waals surface area contributed by atoms with Crippen molar-refractivity contribution < 1.29 is 0 Å². The molecule has 1 aromatic heterocycles. The Hall–Kier alpha value is -0.380. The van der Waals surface area contributed by atoms with E-state index in [-0.39, 0.29) is 0 Å². The van der Waals surface area contributed by atoms with E-state index in [2.05, 4.69) is 62.5 Å². The fourth-order valence-electron chi connectivity index (χ4n) is 2.55. The molecule has 0 aliphatic rings. The van der Waals surface area contributed by atoms with Crippen LogP contribution in [0, 0.1) is 5.92 Å². The lowest BCUT2D eigenvalue weighted by molar-refractivity contribution is 0.169. The summed E-state index contributed by atoms with van der Waals surface area (Å²) in [7, 11) is 2.29. The molecule has 2 nitrogen and oxygen atoms in total. The highest BCUT2D eigenvalue weighted by Gasteiger charge is 2.19. The summed E-state index contributed by atoms with van der Waals surface area (Å²) in [6.45, 7) is 11.4. The van der Waals surface area contributed by atoms with Crippen LogP contribution >= 0.6 is 11.3 Å². The third kappa shape index (κ3) is 6.38. The smallest absolute Gasteiger partial charge is 0.0220 e. The molecule has 1 rings (SSSR count). The molecule has 0 bridgehead atoms. The van der Waals surface area contributed by atoms with Crippen molar-refractivity contribution in [2.45, 2.75) is 59.0 Å². The van der Waals surface area contributed by atoms with Crippen LogP contribution in [0.25, 0.3) is 0 Å². The fraction of sp³-hybridized carbons (Fsp3) is 0.765. The summed E-state index contributed by atoms with van der Waals surface area (Å²) in [5.74, 6) is 0.728. The minimum Gasteiger partial charge on any atom is -0.315 e. The van der Waals surface area contributed by atoms with Gasteiger partial charge in [-0.1, -0.05) is 33.3 Å². The Labute approximate surface area is 129 Å². The molecule has 0 saturated heterocycles. The lowest BCUT2D eigenvalue weighted by atomic mass is 10.1. The number of thiophene rings is 1. The first-order valence-electron chi connectivity index (χ1n) is 7.99. The fourth-order valence-corrected chi connectivity index (χ4v) is 3.37. The van der Waals surface area contributed by atoms with Crippen LogP contribution < -0.4 is 5.32 Å². The van der Waals surface area contributed by atoms with Gasteiger partial charge in [-0.2, -0.15) is 0 Å². The van der Waals surface area contributed by atoms with Crippen LogP contribution in [0.15, 0.2) is 17.5 Å². The van der Waals surface area contributed by atoms with Crippen molar-refractivity contribution in [1.82, 2.24) is 10.2 Å². The van der Waals surface area contributed by atoms with Gasteiger partial charge in [-0.05, 0) is 50.7 Å². The van der Waals surface area contributed by atoms with Crippen LogP contribution in [0.1, 0.15) is 45.4 Å². The van der Waals surface area contributed by atoms with Gasteiger partial charge in [0.25, 0.3) is 0 Å². The van der Waals surface area contributed by atoms with Crippen molar-refractivity contribution in [3.8, 4) is 0 Å². The normalized spacial score (nSPS) is 14.9. The summed E-state index contributed by atoms with van der Waals surface area (Å²) in [5.41, 5.74) is 0. The molecule has 1 heterocycles. The molecule has 2 atom stereocenters. The van der Waals surface area contributed by atoms with E-state index in [0.717, 1.165) is 19.0 Å². The highest BCUT2D eigenvalue weighted by molar-refractivity contribution is 7.09. The van der Waals surface area contributed by atoms with E-state index < -0.39 is 0 Å². The van der Waals surface area contributed by atoms with Gasteiger partial charge in [0.2, 0.25) is 0 Å². The van der Waals surface area contributed by atoms with Gasteiger partial charge in [-0.3, -0.25) is 4.90 Å². The van der Waals surface area contributed by atoms with Gasteiger partial charge < -0.3 is 5.32 Å². The van der Waals surface area contributed by atoms with Crippen LogP contribution in [0.3, 0.4) is 0 Å². The average Bonchev–Trinajstić information content (AvgIpc) is 2.89. The summed E-state index contributed by atoms with van der Waals surface area (Å²) < 4.78 is 0. The maximum absolute atomic E-state index is 3.63. The standard InChI is InChI=1S/C17H32N2S/c1-6-8-16(13-18-12-14(2)3)19(5)15(4)11-17-9-7-10-20-17/h7,9-10,14-16,18H,6,8,11-13H2,1-5H3. The number of hydrogen-bond acceptors (Lipinski definition) is 3. The average molecular weight is 297 g/mol. The molecule has 0 aliphatic carbocycles. The molecule has 0 saturated carbocycles. The van der Waals surface area contributed by atoms with E-state index in [1.54, 1.807) is 0 Å². The van der Waals surface area contributed by atoms with Crippen molar-refractivity contribution in [3.05, 3.63) is 22.4 Å². The quantitative estimate of drug-likeness (QED) is 0.701. The Balaban J connectivity index is 2.46. The van der Waals surface area contributed by atoms with Gasteiger partial charge in [0.05, 0.1) is 0 Å². The molecule has 116 valence electrons. The van der Waals surface area contributed by atoms with Crippen LogP contribution in [0.5, 0.6) is 0 Å². The van der Waals surface area contributed by atoms with E-state index in [9.17, 15) is 0 Å². The monoisotopic (exact) mass is 296 g/mol. The molecule has 1 N–H and O–H groups in total. The molecule has 3 heteroatoms. The van der Waals surface area contributed by atoms with Crippen LogP contribution in [-0.4, -0.2) is 37.1 Å². The van der Waals surface area contributed by atoms with Crippen molar-refractivity contribution in [3.63, 3.8) is 0 Å². The topological polar surface area (TPSA) is 15.3 Å². The van der Waals surface area contributed by atoms with E-state index in [4.69, 9.17) is 0 Å². The van der Waals surface area contributed by atoms with E-state index in [1.165, 1.54) is 24.1 Å². The first kappa shape index (κ1) is 17.7. The van der Waals surface area contributed by atoms with E-state index in [0.29, 0.717) is 12.1 Å². The number of hydrogen-bond donors (Lipinski definition) is 1. The maximum Gasteiger partial charge on any atom is 0.0220 e. The van der Waals surface area contributed by atoms with E-state index in [1.807, 2.05) is 11.3 Å². The highest BCUT2D eigenvalue weighted by Crippen LogP contribution is 2.16. The second kappa shape index (κ2) is 9.54. The van der Waals surface area contributed by atoms with Gasteiger partial charge in [0, 0.05) is 23.5 Å². The van der Waals surface area contributed by atoms with Gasteiger partial charge in [0.1, 0.15) is 0 Å². The van der Waals surface area contributed by atoms with Gasteiger partial charge in [-0.25, -0.2) is 0 Å². The highest BCUT2D eigenvalue weighted by atomic mass is 32.1. The van der Waals surface area contributed by atoms with Gasteiger partial charge in [-0.15, -0.1) is 11.3 Å². The summed E-state index contributed by atoms with van der Waals surface area (Å²) >= 11 is 1.87. The number of nitrogens with zero attached hydrogens (tertiary/aromatic N) is 1. The Morgan fingerprint density at radius 1 is 1.25 bits per heavy atom. The molecule has 0 aromatic carbocycles. The SMILES string of the molecule is CCCC(CNCC(C)C)N(C)C(C)Cc1cccs1. The molecule has 2 unspecified atom stereocenters. The zero-order valence-electron chi connectivity index (χ0n) is 13.9. The number of rotatable bonds is 10. The van der Waals surface area contributed by atoms with Crippen LogP contribution in [0.4, 0.5) is 0 Å². The lowest BCUT2D eigenvalue weighted by Gasteiger charge is -2.33. The molecule has 0 amide bonds. The predicted octanol–water partition coefficient (Wildman–Crippen LogP) is 4.03. The molecule has 0 radical (unpaired) electrons. The second-order valence-electron chi connectivity index (χ2n) is 6.29. The predicted molar refractivity (Wildman–Crippen MR) is 91.7 cm³/mol. The van der Waals surface area contributed by atoms with Crippen molar-refractivity contribution >= 4 is 11.3 Å². The first-order valence-corrected chi connectivity index (χ1v) is 8.87. The molecule has 0 aliphatic heterocycles. The van der Waals surface area contributed by atoms with Crippen molar-refractivity contribution in [2.24, 2.45) is 5.92 Å². The Morgan fingerprint density at radius 3 is 2.55 bits per heavy atom. The van der Waals surface area contributed by atoms with Gasteiger partial charge in [0.15, 0.2) is 0 Å². The maximum atomic E-state index is 3.63. The minimum absolute atomic E-state index is 0.603. The number of likely N-dealkylation sites (N-methyl/N-ethyl adjacent to an activating group) is 1. The summed E-state index contributed by atoms with van der Waals surface area (Å²) in [6, 6.07) is 5.65. The summed E-state index contributed by atoms with van der Waals surface area (Å²) in [5, 5.41) is 5.80. The Kier molecular flexibility index (Phi) is 8.43. The van der Waals surface area contributed by atoms with Crippen LogP contribution in [-0.2, 0) is 6.42 Å². The zero-order valence-corrected chi connectivity index (χ0v) is 14.7. The molecular weight excluding hydrogens is 264 g/mol. The molecule has 1 aromatic rings. The number of nitrogens with one attached hydrogen (secondary N) is 1. The second-order valence-corrected chi connectivity index (χ2v) is 7.32. The van der Waals surface area contributed by atoms with Crippen molar-refractivity contribution in [1.29, 1.82) is 0 Å². The third-order valence-corrected chi connectivity index (χ3v) is 4.80. The summed E-state index contributed by atoms with van der Waals surface area (Å²) in [6.07, 6.45) is 3.69. The first-order chi connectivity index (χ1) is 9.54. The molecular formula is C17H32N2S. The molecule has 20 heavy (non-hydrogen) atoms.